The van der Waals surface area contributed by atoms with Gasteiger partial charge < -0.3 is 5.32 Å². The van der Waals surface area contributed by atoms with Crippen LogP contribution in [0.1, 0.15) is 16.8 Å². The summed E-state index contributed by atoms with van der Waals surface area (Å²) in [4.78, 5) is 8.68. The number of nitrogens with zero attached hydrogens (tertiary/aromatic N) is 2. The molecule has 0 saturated heterocycles. The number of hydrogen-bond acceptors (Lipinski definition) is 3. The first-order chi connectivity index (χ1) is 8.74. The van der Waals surface area contributed by atoms with Crippen molar-refractivity contribution in [1.82, 2.24) is 9.97 Å². The lowest BCUT2D eigenvalue weighted by Gasteiger charge is -2.10. The maximum absolute atomic E-state index is 4.48. The van der Waals surface area contributed by atoms with E-state index in [1.807, 2.05) is 31.2 Å². The van der Waals surface area contributed by atoms with Crippen molar-refractivity contribution < 1.29 is 0 Å². The van der Waals surface area contributed by atoms with Crippen LogP contribution >= 0.6 is 0 Å². The number of rotatable bonds is 4. The summed E-state index contributed by atoms with van der Waals surface area (Å²) >= 11 is 0. The fourth-order valence-electron chi connectivity index (χ4n) is 1.76. The monoisotopic (exact) mass is 237 g/mol. The number of nitrogens with one attached hydrogen (secondary N) is 1. The van der Waals surface area contributed by atoms with Gasteiger partial charge in [0.05, 0.1) is 5.69 Å². The summed E-state index contributed by atoms with van der Waals surface area (Å²) in [7, 11) is 0. The molecule has 2 aromatic heterocycles. The molecule has 0 spiro atoms. The van der Waals surface area contributed by atoms with Crippen LogP contribution in [0.4, 0.5) is 11.6 Å². The second-order valence-electron chi connectivity index (χ2n) is 3.87. The molecule has 0 aliphatic rings. The Morgan fingerprint density at radius 2 is 2.00 bits per heavy atom. The van der Waals surface area contributed by atoms with Crippen molar-refractivity contribution in [3.8, 4) is 0 Å². The fourth-order valence-corrected chi connectivity index (χ4v) is 1.76. The Morgan fingerprint density at radius 1 is 1.17 bits per heavy atom. The highest BCUT2D eigenvalue weighted by atomic mass is 15.1. The van der Waals surface area contributed by atoms with Gasteiger partial charge in [0.15, 0.2) is 0 Å². The number of hydrogen-bond donors (Lipinski definition) is 1. The molecule has 0 aromatic carbocycles. The van der Waals surface area contributed by atoms with E-state index >= 15 is 0 Å². The quantitative estimate of drug-likeness (QED) is 0.878. The van der Waals surface area contributed by atoms with Gasteiger partial charge in [-0.2, -0.15) is 0 Å². The van der Waals surface area contributed by atoms with Crippen molar-refractivity contribution >= 4 is 23.8 Å². The lowest BCUT2D eigenvalue weighted by Crippen LogP contribution is -1.99. The van der Waals surface area contributed by atoms with E-state index in [-0.39, 0.29) is 0 Å². The molecular weight excluding hydrogens is 222 g/mol. The molecule has 2 heterocycles. The second-order valence-corrected chi connectivity index (χ2v) is 3.87. The van der Waals surface area contributed by atoms with Gasteiger partial charge in [-0.1, -0.05) is 25.3 Å². The van der Waals surface area contributed by atoms with Gasteiger partial charge >= 0.3 is 0 Å². The predicted molar refractivity (Wildman–Crippen MR) is 76.7 cm³/mol. The van der Waals surface area contributed by atoms with Crippen LogP contribution in [0.2, 0.25) is 0 Å². The Bertz CT molecular complexity index is 574. The van der Waals surface area contributed by atoms with E-state index in [1.165, 1.54) is 0 Å². The molecule has 0 radical (unpaired) electrons. The molecule has 0 saturated carbocycles. The van der Waals surface area contributed by atoms with Gasteiger partial charge in [-0.3, -0.25) is 0 Å². The van der Waals surface area contributed by atoms with Crippen molar-refractivity contribution in [2.75, 3.05) is 5.32 Å². The van der Waals surface area contributed by atoms with Gasteiger partial charge in [0.1, 0.15) is 11.6 Å². The smallest absolute Gasteiger partial charge is 0.132 e. The van der Waals surface area contributed by atoms with E-state index in [1.54, 1.807) is 18.3 Å². The molecule has 0 fully saturated rings. The van der Waals surface area contributed by atoms with Gasteiger partial charge in [0.25, 0.3) is 0 Å². The normalized spacial score (nSPS) is 9.83. The number of aryl methyl sites for hydroxylation is 1. The first-order valence-corrected chi connectivity index (χ1v) is 5.69. The minimum absolute atomic E-state index is 0.756. The van der Waals surface area contributed by atoms with E-state index in [0.29, 0.717) is 0 Å². The molecule has 0 amide bonds. The summed E-state index contributed by atoms with van der Waals surface area (Å²) < 4.78 is 0. The van der Waals surface area contributed by atoms with Crippen molar-refractivity contribution in [2.45, 2.75) is 6.92 Å². The number of pyridine rings is 2. The van der Waals surface area contributed by atoms with Crippen LogP contribution < -0.4 is 5.32 Å². The van der Waals surface area contributed by atoms with Crippen LogP contribution in [0.25, 0.3) is 12.2 Å². The summed E-state index contributed by atoms with van der Waals surface area (Å²) in [5, 5.41) is 3.17. The largest absolute Gasteiger partial charge is 0.325 e. The Labute approximate surface area is 107 Å². The van der Waals surface area contributed by atoms with E-state index in [9.17, 15) is 0 Å². The topological polar surface area (TPSA) is 37.8 Å². The third kappa shape index (κ3) is 2.46. The molecule has 1 N–H and O–H groups in total. The Balaban J connectivity index is 2.38. The van der Waals surface area contributed by atoms with Crippen LogP contribution in [-0.4, -0.2) is 9.97 Å². The highest BCUT2D eigenvalue weighted by Gasteiger charge is 2.05. The zero-order valence-electron chi connectivity index (χ0n) is 10.4. The van der Waals surface area contributed by atoms with Gasteiger partial charge in [-0.25, -0.2) is 9.97 Å². The Kier molecular flexibility index (Phi) is 3.53. The average molecular weight is 237 g/mol. The first-order valence-electron chi connectivity index (χ1n) is 5.69. The molecule has 3 heteroatoms. The fraction of sp³-hybridized carbons (Fsp3) is 0.0667. The molecule has 0 aliphatic heterocycles. The van der Waals surface area contributed by atoms with Crippen LogP contribution in [-0.2, 0) is 0 Å². The molecule has 0 atom stereocenters. The van der Waals surface area contributed by atoms with Crippen LogP contribution in [0.15, 0.2) is 43.6 Å². The van der Waals surface area contributed by atoms with Gasteiger partial charge in [-0.05, 0) is 36.8 Å². The van der Waals surface area contributed by atoms with E-state index < -0.39 is 0 Å². The molecule has 90 valence electrons. The zero-order valence-corrected chi connectivity index (χ0v) is 10.4. The molecule has 0 aliphatic carbocycles. The highest BCUT2D eigenvalue weighted by Crippen LogP contribution is 2.20. The van der Waals surface area contributed by atoms with Crippen LogP contribution in [0.3, 0.4) is 0 Å². The zero-order chi connectivity index (χ0) is 13.0. The highest BCUT2D eigenvalue weighted by molar-refractivity contribution is 5.67. The van der Waals surface area contributed by atoms with Crippen molar-refractivity contribution in [1.29, 1.82) is 0 Å². The average Bonchev–Trinajstić information content (AvgIpc) is 2.39. The third-order valence-corrected chi connectivity index (χ3v) is 2.61. The first kappa shape index (κ1) is 12.0. The number of aromatic nitrogens is 2. The Hall–Kier alpha value is -2.42. The van der Waals surface area contributed by atoms with E-state index in [0.717, 1.165) is 28.5 Å². The summed E-state index contributed by atoms with van der Waals surface area (Å²) in [6.07, 6.45) is 5.26. The maximum atomic E-state index is 4.48. The van der Waals surface area contributed by atoms with E-state index in [4.69, 9.17) is 0 Å². The maximum Gasteiger partial charge on any atom is 0.132 e. The predicted octanol–water partition coefficient (Wildman–Crippen LogP) is 3.81. The van der Waals surface area contributed by atoms with Gasteiger partial charge in [-0.15, -0.1) is 0 Å². The van der Waals surface area contributed by atoms with Crippen molar-refractivity contribution in [2.24, 2.45) is 0 Å². The molecule has 3 nitrogen and oxygen atoms in total. The summed E-state index contributed by atoms with van der Waals surface area (Å²) in [5.41, 5.74) is 2.94. The second kappa shape index (κ2) is 5.27. The Morgan fingerprint density at radius 3 is 2.61 bits per heavy atom. The molecular formula is C15H15N3. The lowest BCUT2D eigenvalue weighted by molar-refractivity contribution is 1.21. The molecule has 0 bridgehead atoms. The van der Waals surface area contributed by atoms with Crippen LogP contribution in [0.5, 0.6) is 0 Å². The SMILES string of the molecule is C=Cc1nc(Nc2ccccn2)cc(C)c1C=C. The molecule has 18 heavy (non-hydrogen) atoms. The van der Waals surface area contributed by atoms with Gasteiger partial charge in [0.2, 0.25) is 0 Å². The third-order valence-electron chi connectivity index (χ3n) is 2.61. The minimum atomic E-state index is 0.756. The molecule has 2 aromatic rings. The summed E-state index contributed by atoms with van der Waals surface area (Å²) in [5.74, 6) is 1.53. The molecule has 0 unspecified atom stereocenters. The van der Waals surface area contributed by atoms with Gasteiger partial charge in [0, 0.05) is 11.8 Å². The summed E-state index contributed by atoms with van der Waals surface area (Å²) in [6, 6.07) is 7.67. The van der Waals surface area contributed by atoms with Crippen molar-refractivity contribution in [3.63, 3.8) is 0 Å². The number of anilines is 2. The van der Waals surface area contributed by atoms with E-state index in [2.05, 4.69) is 28.4 Å². The standard InChI is InChI=1S/C15H15N3/c1-4-12-11(3)10-15(17-13(12)5-2)18-14-8-6-7-9-16-14/h4-10H,1-2H2,3H3,(H,16,17,18). The minimum Gasteiger partial charge on any atom is -0.325 e. The lowest BCUT2D eigenvalue weighted by atomic mass is 10.1. The van der Waals surface area contributed by atoms with Crippen LogP contribution in [0, 0.1) is 6.92 Å². The molecule has 2 rings (SSSR count). The summed E-state index contributed by atoms with van der Waals surface area (Å²) in [6.45, 7) is 9.59. The van der Waals surface area contributed by atoms with Crippen molar-refractivity contribution in [3.05, 3.63) is 60.4 Å².